The highest BCUT2D eigenvalue weighted by Gasteiger charge is 2.13. The Morgan fingerprint density at radius 3 is 2.62 bits per heavy atom. The number of carbonyl (C=O) groups excluding carboxylic acids is 1. The van der Waals surface area contributed by atoms with E-state index in [0.29, 0.717) is 5.57 Å². The average molecular weight is 284 g/mol. The number of nitrogens with zero attached hydrogens (tertiary/aromatic N) is 2. The fourth-order valence-electron chi connectivity index (χ4n) is 2.15. The molecule has 4 nitrogen and oxygen atoms in total. The Morgan fingerprint density at radius 2 is 2.00 bits per heavy atom. The predicted molar refractivity (Wildman–Crippen MR) is 81.8 cm³/mol. The first-order valence-corrected chi connectivity index (χ1v) is 6.86. The predicted octanol–water partition coefficient (Wildman–Crippen LogP) is 2.94. The minimum absolute atomic E-state index is 0.165. The fraction of sp³-hybridized carbons (Fsp3) is 0.294. The van der Waals surface area contributed by atoms with Crippen LogP contribution in [0.1, 0.15) is 29.7 Å². The number of carbonyl (C=O) groups is 1. The van der Waals surface area contributed by atoms with Crippen LogP contribution in [-0.4, -0.2) is 15.5 Å². The maximum absolute atomic E-state index is 11.5. The molecular formula is C17H20N2O2. The van der Waals surface area contributed by atoms with Crippen molar-refractivity contribution in [3.8, 4) is 0 Å². The van der Waals surface area contributed by atoms with Gasteiger partial charge in [-0.2, -0.15) is 0 Å². The van der Waals surface area contributed by atoms with Crippen LogP contribution in [0, 0.1) is 6.92 Å². The lowest BCUT2D eigenvalue weighted by atomic mass is 10.1. The van der Waals surface area contributed by atoms with Crippen LogP contribution in [0.25, 0.3) is 0 Å². The molecular weight excluding hydrogens is 264 g/mol. The molecule has 0 radical (unpaired) electrons. The molecule has 0 fully saturated rings. The van der Waals surface area contributed by atoms with Crippen molar-refractivity contribution in [1.82, 2.24) is 9.55 Å². The second kappa shape index (κ2) is 6.39. The van der Waals surface area contributed by atoms with Crippen LogP contribution in [0.3, 0.4) is 0 Å². The van der Waals surface area contributed by atoms with Crippen LogP contribution in [0.5, 0.6) is 0 Å². The third-order valence-corrected chi connectivity index (χ3v) is 3.40. The largest absolute Gasteiger partial charge is 0.454 e. The summed E-state index contributed by atoms with van der Waals surface area (Å²) in [6.45, 7) is 7.34. The van der Waals surface area contributed by atoms with E-state index in [1.165, 1.54) is 5.56 Å². The van der Waals surface area contributed by atoms with Gasteiger partial charge in [-0.3, -0.25) is 0 Å². The van der Waals surface area contributed by atoms with Crippen molar-refractivity contribution in [2.45, 2.75) is 26.9 Å². The topological polar surface area (TPSA) is 44.1 Å². The standard InChI is InChI=1S/C17H20N2O2/c1-12(2)17(20)21-11-16-18-13(3)15(19(16)4)10-14-8-6-5-7-9-14/h5-9H,1,10-11H2,2-4H3. The second-order valence-electron chi connectivity index (χ2n) is 5.14. The van der Waals surface area contributed by atoms with Crippen LogP contribution in [0.2, 0.25) is 0 Å². The van der Waals surface area contributed by atoms with Crippen molar-refractivity contribution in [2.24, 2.45) is 7.05 Å². The molecule has 0 aliphatic heterocycles. The molecule has 0 aliphatic rings. The molecule has 0 aliphatic carbocycles. The summed E-state index contributed by atoms with van der Waals surface area (Å²) in [5.41, 5.74) is 3.71. The fourth-order valence-corrected chi connectivity index (χ4v) is 2.15. The Hall–Kier alpha value is -2.36. The van der Waals surface area contributed by atoms with Crippen molar-refractivity contribution >= 4 is 5.97 Å². The highest BCUT2D eigenvalue weighted by atomic mass is 16.5. The monoisotopic (exact) mass is 284 g/mol. The number of hydrogen-bond donors (Lipinski definition) is 0. The van der Waals surface area contributed by atoms with Gasteiger partial charge in [-0.05, 0) is 19.4 Å². The SMILES string of the molecule is C=C(C)C(=O)OCc1nc(C)c(Cc2ccccc2)n1C. The summed E-state index contributed by atoms with van der Waals surface area (Å²) >= 11 is 0. The molecule has 0 saturated heterocycles. The summed E-state index contributed by atoms with van der Waals surface area (Å²) in [4.78, 5) is 15.9. The van der Waals surface area contributed by atoms with E-state index in [2.05, 4.69) is 23.7 Å². The van der Waals surface area contributed by atoms with E-state index in [1.807, 2.05) is 36.7 Å². The number of aryl methyl sites for hydroxylation is 1. The first kappa shape index (κ1) is 15.0. The minimum atomic E-state index is -0.389. The van der Waals surface area contributed by atoms with Crippen molar-refractivity contribution in [3.63, 3.8) is 0 Å². The highest BCUT2D eigenvalue weighted by Crippen LogP contribution is 2.15. The van der Waals surface area contributed by atoms with Crippen LogP contribution in [-0.2, 0) is 29.6 Å². The van der Waals surface area contributed by atoms with Crippen molar-refractivity contribution < 1.29 is 9.53 Å². The zero-order valence-corrected chi connectivity index (χ0v) is 12.7. The lowest BCUT2D eigenvalue weighted by Crippen LogP contribution is -2.09. The van der Waals surface area contributed by atoms with Gasteiger partial charge in [-0.25, -0.2) is 9.78 Å². The van der Waals surface area contributed by atoms with Gasteiger partial charge in [-0.15, -0.1) is 0 Å². The molecule has 21 heavy (non-hydrogen) atoms. The molecule has 2 rings (SSSR count). The highest BCUT2D eigenvalue weighted by molar-refractivity contribution is 5.86. The summed E-state index contributed by atoms with van der Waals surface area (Å²) in [5.74, 6) is 0.355. The third kappa shape index (κ3) is 3.60. The molecule has 110 valence electrons. The van der Waals surface area contributed by atoms with Gasteiger partial charge in [0.1, 0.15) is 12.4 Å². The Balaban J connectivity index is 2.14. The van der Waals surface area contributed by atoms with Crippen LogP contribution >= 0.6 is 0 Å². The number of imidazole rings is 1. The van der Waals surface area contributed by atoms with Crippen molar-refractivity contribution in [3.05, 3.63) is 65.3 Å². The maximum atomic E-state index is 11.5. The van der Waals surface area contributed by atoms with Gasteiger partial charge in [0.2, 0.25) is 0 Å². The van der Waals surface area contributed by atoms with Gasteiger partial charge in [-0.1, -0.05) is 36.9 Å². The molecule has 1 aromatic heterocycles. The molecule has 0 spiro atoms. The number of hydrogen-bond acceptors (Lipinski definition) is 3. The zero-order chi connectivity index (χ0) is 15.4. The number of esters is 1. The molecule has 0 atom stereocenters. The van der Waals surface area contributed by atoms with E-state index >= 15 is 0 Å². The van der Waals surface area contributed by atoms with E-state index in [9.17, 15) is 4.79 Å². The lowest BCUT2D eigenvalue weighted by Gasteiger charge is -2.07. The van der Waals surface area contributed by atoms with E-state index < -0.39 is 0 Å². The molecule has 0 N–H and O–H groups in total. The van der Waals surface area contributed by atoms with Gasteiger partial charge in [0, 0.05) is 24.7 Å². The smallest absolute Gasteiger partial charge is 0.333 e. The first-order chi connectivity index (χ1) is 9.99. The lowest BCUT2D eigenvalue weighted by molar-refractivity contribution is -0.140. The molecule has 2 aromatic rings. The Bertz CT molecular complexity index is 657. The summed E-state index contributed by atoms with van der Waals surface area (Å²) in [6.07, 6.45) is 0.810. The molecule has 0 saturated carbocycles. The normalized spacial score (nSPS) is 10.4. The van der Waals surface area contributed by atoms with Gasteiger partial charge >= 0.3 is 5.97 Å². The molecule has 0 bridgehead atoms. The quantitative estimate of drug-likeness (QED) is 0.626. The average Bonchev–Trinajstić information content (AvgIpc) is 2.73. The zero-order valence-electron chi connectivity index (χ0n) is 12.7. The van der Waals surface area contributed by atoms with E-state index in [1.54, 1.807) is 6.92 Å². The third-order valence-electron chi connectivity index (χ3n) is 3.40. The Kier molecular flexibility index (Phi) is 4.58. The first-order valence-electron chi connectivity index (χ1n) is 6.86. The van der Waals surface area contributed by atoms with Gasteiger partial charge < -0.3 is 9.30 Å². The molecule has 4 heteroatoms. The molecule has 1 aromatic carbocycles. The minimum Gasteiger partial charge on any atom is -0.454 e. The van der Waals surface area contributed by atoms with Crippen LogP contribution in [0.15, 0.2) is 42.5 Å². The Morgan fingerprint density at radius 1 is 1.33 bits per heavy atom. The van der Waals surface area contributed by atoms with Crippen LogP contribution in [0.4, 0.5) is 0 Å². The summed E-state index contributed by atoms with van der Waals surface area (Å²) in [6, 6.07) is 10.2. The van der Waals surface area contributed by atoms with Crippen LogP contribution < -0.4 is 0 Å². The van der Waals surface area contributed by atoms with Crippen molar-refractivity contribution in [1.29, 1.82) is 0 Å². The summed E-state index contributed by atoms with van der Waals surface area (Å²) in [7, 11) is 1.95. The number of rotatable bonds is 5. The van der Waals surface area contributed by atoms with E-state index in [0.717, 1.165) is 23.6 Å². The van der Waals surface area contributed by atoms with Gasteiger partial charge in [0.05, 0.1) is 5.69 Å². The van der Waals surface area contributed by atoms with E-state index in [4.69, 9.17) is 4.74 Å². The molecule has 1 heterocycles. The van der Waals surface area contributed by atoms with Gasteiger partial charge in [0.25, 0.3) is 0 Å². The molecule has 0 unspecified atom stereocenters. The molecule has 0 amide bonds. The van der Waals surface area contributed by atoms with E-state index in [-0.39, 0.29) is 12.6 Å². The summed E-state index contributed by atoms with van der Waals surface area (Å²) in [5, 5.41) is 0. The Labute approximate surface area is 125 Å². The van der Waals surface area contributed by atoms with Gasteiger partial charge in [0.15, 0.2) is 0 Å². The van der Waals surface area contributed by atoms with Crippen molar-refractivity contribution in [2.75, 3.05) is 0 Å². The summed E-state index contributed by atoms with van der Waals surface area (Å²) < 4.78 is 7.16. The second-order valence-corrected chi connectivity index (χ2v) is 5.14. The number of ether oxygens (including phenoxy) is 1. The maximum Gasteiger partial charge on any atom is 0.333 e. The number of benzene rings is 1. The number of aromatic nitrogens is 2.